The van der Waals surface area contributed by atoms with E-state index in [2.05, 4.69) is 10.3 Å². The summed E-state index contributed by atoms with van der Waals surface area (Å²) in [5.41, 5.74) is 3.71. The molecule has 0 aliphatic rings. The van der Waals surface area contributed by atoms with Crippen LogP contribution in [0.5, 0.6) is 0 Å². The average molecular weight is 352 g/mol. The molecule has 1 aromatic heterocycles. The number of hydrogen-bond acceptors (Lipinski definition) is 3. The number of carbonyl (C=O) groups excluding carboxylic acids is 1. The van der Waals surface area contributed by atoms with Crippen LogP contribution in [0.15, 0.2) is 54.6 Å². The number of carbonyl (C=O) groups is 1. The zero-order valence-corrected chi connectivity index (χ0v) is 14.7. The van der Waals surface area contributed by atoms with Gasteiger partial charge in [-0.15, -0.1) is 11.3 Å². The van der Waals surface area contributed by atoms with Gasteiger partial charge in [-0.25, -0.2) is 9.37 Å². The third-order valence-corrected chi connectivity index (χ3v) is 4.54. The van der Waals surface area contributed by atoms with Crippen LogP contribution in [0.25, 0.3) is 17.3 Å². The van der Waals surface area contributed by atoms with Crippen molar-refractivity contribution in [3.8, 4) is 11.3 Å². The van der Waals surface area contributed by atoms with Gasteiger partial charge in [0, 0.05) is 16.5 Å². The molecule has 126 valence electrons. The molecule has 0 bridgehead atoms. The summed E-state index contributed by atoms with van der Waals surface area (Å²) >= 11 is 1.39. The first-order valence-electron chi connectivity index (χ1n) is 7.80. The van der Waals surface area contributed by atoms with Crippen molar-refractivity contribution < 1.29 is 9.18 Å². The molecule has 0 saturated carbocycles. The van der Waals surface area contributed by atoms with E-state index in [9.17, 15) is 9.18 Å². The highest BCUT2D eigenvalue weighted by atomic mass is 32.1. The fraction of sp³-hybridized carbons (Fsp3) is 0.100. The zero-order valence-electron chi connectivity index (χ0n) is 13.9. The van der Waals surface area contributed by atoms with Crippen LogP contribution >= 0.6 is 11.3 Å². The number of nitrogens with one attached hydrogen (secondary N) is 1. The molecule has 0 fully saturated rings. The summed E-state index contributed by atoms with van der Waals surface area (Å²) in [6.07, 6.45) is 3.25. The number of thiazole rings is 1. The molecule has 3 rings (SSSR count). The van der Waals surface area contributed by atoms with Gasteiger partial charge in [-0.1, -0.05) is 29.8 Å². The average Bonchev–Trinajstić information content (AvgIpc) is 2.95. The smallest absolute Gasteiger partial charge is 0.250 e. The Kier molecular flexibility index (Phi) is 5.05. The summed E-state index contributed by atoms with van der Waals surface area (Å²) in [5, 5.41) is 3.30. The number of nitrogens with zero attached hydrogens (tertiary/aromatic N) is 1. The van der Waals surface area contributed by atoms with Crippen molar-refractivity contribution in [1.29, 1.82) is 0 Å². The molecule has 25 heavy (non-hydrogen) atoms. The minimum Gasteiger partial charge on any atom is -0.298 e. The second-order valence-electron chi connectivity index (χ2n) is 5.66. The fourth-order valence-corrected chi connectivity index (χ4v) is 3.16. The molecular weight excluding hydrogens is 335 g/mol. The maximum atomic E-state index is 13.0. The third kappa shape index (κ3) is 4.39. The first kappa shape index (κ1) is 17.0. The summed E-state index contributed by atoms with van der Waals surface area (Å²) in [4.78, 5) is 17.5. The van der Waals surface area contributed by atoms with Crippen LogP contribution in [0, 0.1) is 19.7 Å². The van der Waals surface area contributed by atoms with Gasteiger partial charge in [0.2, 0.25) is 5.91 Å². The summed E-state index contributed by atoms with van der Waals surface area (Å²) in [6, 6.07) is 14.1. The predicted molar refractivity (Wildman–Crippen MR) is 101 cm³/mol. The van der Waals surface area contributed by atoms with Crippen molar-refractivity contribution in [2.24, 2.45) is 0 Å². The van der Waals surface area contributed by atoms with Gasteiger partial charge in [0.15, 0.2) is 5.13 Å². The Hall–Kier alpha value is -2.79. The van der Waals surface area contributed by atoms with E-state index in [1.807, 2.05) is 38.1 Å². The summed E-state index contributed by atoms with van der Waals surface area (Å²) in [7, 11) is 0. The highest BCUT2D eigenvalue weighted by molar-refractivity contribution is 7.16. The van der Waals surface area contributed by atoms with Crippen molar-refractivity contribution in [2.75, 3.05) is 5.32 Å². The Bertz CT molecular complexity index is 912. The van der Waals surface area contributed by atoms with Crippen molar-refractivity contribution in [3.05, 3.63) is 76.4 Å². The minimum absolute atomic E-state index is 0.236. The van der Waals surface area contributed by atoms with Crippen LogP contribution in [-0.4, -0.2) is 10.9 Å². The number of aryl methyl sites for hydroxylation is 2. The molecule has 2 aromatic carbocycles. The van der Waals surface area contributed by atoms with Crippen molar-refractivity contribution in [3.63, 3.8) is 0 Å². The lowest BCUT2D eigenvalue weighted by Gasteiger charge is -1.98. The van der Waals surface area contributed by atoms with E-state index in [0.717, 1.165) is 21.7 Å². The quantitative estimate of drug-likeness (QED) is 0.654. The largest absolute Gasteiger partial charge is 0.298 e. The molecule has 0 spiro atoms. The predicted octanol–water partition coefficient (Wildman–Crippen LogP) is 5.22. The molecule has 1 amide bonds. The van der Waals surface area contributed by atoms with Gasteiger partial charge >= 0.3 is 0 Å². The second kappa shape index (κ2) is 7.40. The number of aromatic nitrogens is 1. The van der Waals surface area contributed by atoms with Gasteiger partial charge in [0.1, 0.15) is 5.82 Å². The fourth-order valence-electron chi connectivity index (χ4n) is 2.32. The molecule has 0 atom stereocenters. The molecule has 1 heterocycles. The monoisotopic (exact) mass is 352 g/mol. The minimum atomic E-state index is -0.286. The van der Waals surface area contributed by atoms with Crippen molar-refractivity contribution in [1.82, 2.24) is 4.98 Å². The number of amides is 1. The van der Waals surface area contributed by atoms with Gasteiger partial charge in [0.05, 0.1) is 5.69 Å². The Morgan fingerprint density at radius 3 is 2.44 bits per heavy atom. The van der Waals surface area contributed by atoms with Gasteiger partial charge in [-0.3, -0.25) is 10.1 Å². The summed E-state index contributed by atoms with van der Waals surface area (Å²) in [6.45, 7) is 3.94. The SMILES string of the molecule is Cc1ccc(/C=C/C(=O)Nc2nc(-c3ccc(F)cc3)c(C)s2)cc1. The van der Waals surface area contributed by atoms with Crippen LogP contribution in [0.2, 0.25) is 0 Å². The lowest BCUT2D eigenvalue weighted by atomic mass is 10.1. The van der Waals surface area contributed by atoms with Crippen LogP contribution < -0.4 is 5.32 Å². The van der Waals surface area contributed by atoms with Crippen molar-refractivity contribution >= 4 is 28.5 Å². The lowest BCUT2D eigenvalue weighted by molar-refractivity contribution is -0.111. The Morgan fingerprint density at radius 2 is 1.76 bits per heavy atom. The number of rotatable bonds is 4. The van der Waals surface area contributed by atoms with E-state index in [1.54, 1.807) is 18.2 Å². The molecule has 1 N–H and O–H groups in total. The van der Waals surface area contributed by atoms with Gasteiger partial charge in [-0.2, -0.15) is 0 Å². The molecule has 3 aromatic rings. The molecular formula is C20H17FN2OS. The van der Waals surface area contributed by atoms with Crippen LogP contribution in [-0.2, 0) is 4.79 Å². The summed E-state index contributed by atoms with van der Waals surface area (Å²) in [5.74, 6) is -0.522. The van der Waals surface area contributed by atoms with E-state index in [-0.39, 0.29) is 11.7 Å². The number of benzene rings is 2. The third-order valence-electron chi connectivity index (χ3n) is 3.65. The summed E-state index contributed by atoms with van der Waals surface area (Å²) < 4.78 is 13.0. The highest BCUT2D eigenvalue weighted by Gasteiger charge is 2.11. The van der Waals surface area contributed by atoms with Crippen LogP contribution in [0.4, 0.5) is 9.52 Å². The Balaban J connectivity index is 1.70. The molecule has 0 radical (unpaired) electrons. The van der Waals surface area contributed by atoms with Crippen molar-refractivity contribution in [2.45, 2.75) is 13.8 Å². The first-order chi connectivity index (χ1) is 12.0. The molecule has 0 saturated heterocycles. The molecule has 3 nitrogen and oxygen atoms in total. The second-order valence-corrected chi connectivity index (χ2v) is 6.87. The van der Waals surface area contributed by atoms with E-state index in [1.165, 1.54) is 35.1 Å². The highest BCUT2D eigenvalue weighted by Crippen LogP contribution is 2.30. The molecule has 0 unspecified atom stereocenters. The normalized spacial score (nSPS) is 11.0. The zero-order chi connectivity index (χ0) is 17.8. The van der Waals surface area contributed by atoms with E-state index >= 15 is 0 Å². The first-order valence-corrected chi connectivity index (χ1v) is 8.62. The van der Waals surface area contributed by atoms with Gasteiger partial charge in [-0.05, 0) is 49.8 Å². The molecule has 0 aliphatic heterocycles. The van der Waals surface area contributed by atoms with Crippen LogP contribution in [0.1, 0.15) is 16.0 Å². The van der Waals surface area contributed by atoms with Gasteiger partial charge < -0.3 is 0 Å². The Morgan fingerprint density at radius 1 is 1.08 bits per heavy atom. The number of halogens is 1. The lowest BCUT2D eigenvalue weighted by Crippen LogP contribution is -2.07. The number of anilines is 1. The van der Waals surface area contributed by atoms with Gasteiger partial charge in [0.25, 0.3) is 0 Å². The Labute approximate surface area is 149 Å². The topological polar surface area (TPSA) is 42.0 Å². The van der Waals surface area contributed by atoms with E-state index < -0.39 is 0 Å². The van der Waals surface area contributed by atoms with E-state index in [4.69, 9.17) is 0 Å². The maximum absolute atomic E-state index is 13.0. The standard InChI is InChI=1S/C20H17FN2OS/c1-13-3-5-15(6-4-13)7-12-18(24)22-20-23-19(14(2)25-20)16-8-10-17(21)11-9-16/h3-12H,1-2H3,(H,22,23,24)/b12-7+. The molecule has 0 aliphatic carbocycles. The number of hydrogen-bond donors (Lipinski definition) is 1. The van der Waals surface area contributed by atoms with Crippen LogP contribution in [0.3, 0.4) is 0 Å². The molecule has 5 heteroatoms. The van der Waals surface area contributed by atoms with E-state index in [0.29, 0.717) is 5.13 Å². The maximum Gasteiger partial charge on any atom is 0.250 e.